The van der Waals surface area contributed by atoms with Crippen molar-refractivity contribution in [2.24, 2.45) is 10.7 Å². The third kappa shape index (κ3) is 5.04. The number of nitrogens with one attached hydrogen (secondary N) is 1. The standard InChI is InChI=1S/C20H18F2N4O6/c21-13-6-5-12(9-14(13)22)26-7-8-32-16(19(26)29)15(27)18(28)24-11-3-1-10(2-4-11)17(23)25-20(30)31/h1-6,9,15-16,27H,7-8H2,(H2,23,25)(H,24,28)(H,30,31)/t15-,16-/m1/s1. The van der Waals surface area contributed by atoms with Crippen LogP contribution in [0.3, 0.4) is 0 Å². The zero-order chi connectivity index (χ0) is 23.4. The van der Waals surface area contributed by atoms with Crippen LogP contribution in [0, 0.1) is 11.6 Å². The minimum atomic E-state index is -1.89. The van der Waals surface area contributed by atoms with Gasteiger partial charge < -0.3 is 30.9 Å². The third-order valence-corrected chi connectivity index (χ3v) is 4.56. The number of rotatable bonds is 5. The van der Waals surface area contributed by atoms with E-state index in [9.17, 15) is 28.3 Å². The fourth-order valence-electron chi connectivity index (χ4n) is 2.99. The Labute approximate surface area is 179 Å². The van der Waals surface area contributed by atoms with Crippen molar-refractivity contribution in [3.63, 3.8) is 0 Å². The molecule has 2 atom stereocenters. The number of carbonyl (C=O) groups is 3. The number of amides is 3. The van der Waals surface area contributed by atoms with E-state index in [-0.39, 0.29) is 30.4 Å². The lowest BCUT2D eigenvalue weighted by Gasteiger charge is -2.34. The van der Waals surface area contributed by atoms with Crippen LogP contribution in [0.1, 0.15) is 5.56 Å². The minimum Gasteiger partial charge on any atom is -0.463 e. The van der Waals surface area contributed by atoms with Gasteiger partial charge in [0.2, 0.25) is 0 Å². The van der Waals surface area contributed by atoms with Crippen molar-refractivity contribution in [3.8, 4) is 0 Å². The number of nitrogens with two attached hydrogens (primary N) is 1. The number of benzene rings is 2. The monoisotopic (exact) mass is 448 g/mol. The molecule has 2 aromatic rings. The van der Waals surface area contributed by atoms with E-state index in [0.29, 0.717) is 5.56 Å². The van der Waals surface area contributed by atoms with Gasteiger partial charge in [-0.3, -0.25) is 9.59 Å². The number of hydrogen-bond donors (Lipinski definition) is 4. The van der Waals surface area contributed by atoms with Crippen molar-refractivity contribution in [2.45, 2.75) is 12.2 Å². The van der Waals surface area contributed by atoms with Gasteiger partial charge in [-0.2, -0.15) is 4.99 Å². The first-order valence-corrected chi connectivity index (χ1v) is 9.22. The Morgan fingerprint density at radius 3 is 2.50 bits per heavy atom. The van der Waals surface area contributed by atoms with Gasteiger partial charge in [0.1, 0.15) is 5.84 Å². The lowest BCUT2D eigenvalue weighted by molar-refractivity contribution is -0.150. The van der Waals surface area contributed by atoms with Gasteiger partial charge in [0.25, 0.3) is 11.8 Å². The summed E-state index contributed by atoms with van der Waals surface area (Å²) in [6.07, 6.45) is -4.92. The number of nitrogens with zero attached hydrogens (tertiary/aromatic N) is 2. The molecule has 0 radical (unpaired) electrons. The number of anilines is 2. The van der Waals surface area contributed by atoms with Gasteiger partial charge >= 0.3 is 6.09 Å². The predicted molar refractivity (Wildman–Crippen MR) is 108 cm³/mol. The van der Waals surface area contributed by atoms with Crippen molar-refractivity contribution in [1.82, 2.24) is 0 Å². The molecule has 0 unspecified atom stereocenters. The van der Waals surface area contributed by atoms with Crippen LogP contribution in [-0.2, 0) is 14.3 Å². The summed E-state index contributed by atoms with van der Waals surface area (Å²) in [5, 5.41) is 21.4. The van der Waals surface area contributed by atoms with Gasteiger partial charge in [-0.25, -0.2) is 13.6 Å². The normalized spacial score (nSPS) is 17.7. The van der Waals surface area contributed by atoms with E-state index in [1.54, 1.807) is 0 Å². The molecule has 0 aromatic heterocycles. The summed E-state index contributed by atoms with van der Waals surface area (Å²) in [4.78, 5) is 39.9. The number of aliphatic hydroxyl groups is 1. The molecule has 0 saturated carbocycles. The van der Waals surface area contributed by atoms with E-state index >= 15 is 0 Å². The van der Waals surface area contributed by atoms with Crippen LogP contribution in [0.2, 0.25) is 0 Å². The van der Waals surface area contributed by atoms with Crippen molar-refractivity contribution in [2.75, 3.05) is 23.4 Å². The molecule has 5 N–H and O–H groups in total. The molecule has 168 valence electrons. The van der Waals surface area contributed by atoms with E-state index in [4.69, 9.17) is 15.6 Å². The van der Waals surface area contributed by atoms with Gasteiger partial charge in [-0.15, -0.1) is 0 Å². The van der Waals surface area contributed by atoms with E-state index in [2.05, 4.69) is 10.3 Å². The summed E-state index contributed by atoms with van der Waals surface area (Å²) < 4.78 is 31.9. The van der Waals surface area contributed by atoms with Gasteiger partial charge in [0, 0.05) is 29.5 Å². The minimum absolute atomic E-state index is 0.0233. The molecule has 12 heteroatoms. The Bertz CT molecular complexity index is 1080. The summed E-state index contributed by atoms with van der Waals surface area (Å²) in [7, 11) is 0. The molecule has 1 fully saturated rings. The molecule has 2 aromatic carbocycles. The van der Waals surface area contributed by atoms with Crippen LogP contribution in [0.15, 0.2) is 47.5 Å². The first kappa shape index (κ1) is 22.8. The van der Waals surface area contributed by atoms with E-state index < -0.39 is 41.7 Å². The number of amidine groups is 1. The average molecular weight is 448 g/mol. The summed E-state index contributed by atoms with van der Waals surface area (Å²) in [5.41, 5.74) is 6.10. The number of aliphatic imine (C=N–C) groups is 1. The molecule has 10 nitrogen and oxygen atoms in total. The SMILES string of the molecule is NC(=NC(=O)O)c1ccc(NC(=O)[C@H](O)[C@H]2OCCN(c3ccc(F)c(F)c3)C2=O)cc1. The van der Waals surface area contributed by atoms with Gasteiger partial charge in [0.05, 0.1) is 6.61 Å². The molecule has 1 heterocycles. The molecule has 32 heavy (non-hydrogen) atoms. The second-order valence-electron chi connectivity index (χ2n) is 6.67. The van der Waals surface area contributed by atoms with Crippen LogP contribution in [0.25, 0.3) is 0 Å². The highest BCUT2D eigenvalue weighted by Gasteiger charge is 2.39. The highest BCUT2D eigenvalue weighted by molar-refractivity contribution is 6.05. The zero-order valence-corrected chi connectivity index (χ0v) is 16.4. The Kier molecular flexibility index (Phi) is 6.76. The van der Waals surface area contributed by atoms with E-state index in [1.807, 2.05) is 0 Å². The van der Waals surface area contributed by atoms with Crippen molar-refractivity contribution >= 4 is 35.1 Å². The Hall–Kier alpha value is -3.90. The van der Waals surface area contributed by atoms with Crippen LogP contribution < -0.4 is 16.0 Å². The number of ether oxygens (including phenoxy) is 1. The van der Waals surface area contributed by atoms with Gasteiger partial charge in [0.15, 0.2) is 23.8 Å². The molecule has 3 amide bonds. The number of carboxylic acid groups (broad SMARTS) is 1. The van der Waals surface area contributed by atoms with Crippen LogP contribution in [-0.4, -0.2) is 59.3 Å². The number of aliphatic hydroxyl groups excluding tert-OH is 1. The van der Waals surface area contributed by atoms with Crippen molar-refractivity contribution in [1.29, 1.82) is 0 Å². The molecule has 0 aliphatic carbocycles. The summed E-state index contributed by atoms with van der Waals surface area (Å²) in [6, 6.07) is 8.48. The Morgan fingerprint density at radius 1 is 1.19 bits per heavy atom. The van der Waals surface area contributed by atoms with Crippen LogP contribution in [0.5, 0.6) is 0 Å². The summed E-state index contributed by atoms with van der Waals surface area (Å²) >= 11 is 0. The summed E-state index contributed by atoms with van der Waals surface area (Å²) in [5.74, 6) is -4.20. The first-order valence-electron chi connectivity index (χ1n) is 9.22. The number of morpholine rings is 1. The summed E-state index contributed by atoms with van der Waals surface area (Å²) in [6.45, 7) is -0.0217. The molecule has 1 aliphatic heterocycles. The van der Waals surface area contributed by atoms with Crippen molar-refractivity contribution < 1.29 is 38.1 Å². The third-order valence-electron chi connectivity index (χ3n) is 4.56. The lowest BCUT2D eigenvalue weighted by Crippen LogP contribution is -2.55. The molecule has 0 bridgehead atoms. The quantitative estimate of drug-likeness (QED) is 0.394. The van der Waals surface area contributed by atoms with E-state index in [0.717, 1.165) is 17.0 Å². The maximum absolute atomic E-state index is 13.5. The molecule has 1 saturated heterocycles. The number of carbonyl (C=O) groups excluding carboxylic acids is 2. The molecule has 0 spiro atoms. The smallest absolute Gasteiger partial charge is 0.433 e. The van der Waals surface area contributed by atoms with Gasteiger partial charge in [-0.1, -0.05) is 0 Å². The van der Waals surface area contributed by atoms with E-state index in [1.165, 1.54) is 30.3 Å². The maximum atomic E-state index is 13.5. The average Bonchev–Trinajstić information content (AvgIpc) is 2.75. The second-order valence-corrected chi connectivity index (χ2v) is 6.67. The van der Waals surface area contributed by atoms with Crippen molar-refractivity contribution in [3.05, 3.63) is 59.7 Å². The highest BCUT2D eigenvalue weighted by Crippen LogP contribution is 2.23. The molecular formula is C20H18F2N4O6. The zero-order valence-electron chi connectivity index (χ0n) is 16.4. The maximum Gasteiger partial charge on any atom is 0.433 e. The number of halogens is 2. The second kappa shape index (κ2) is 9.49. The molecule has 1 aliphatic rings. The topological polar surface area (TPSA) is 155 Å². The van der Waals surface area contributed by atoms with Crippen LogP contribution >= 0.6 is 0 Å². The Balaban J connectivity index is 1.69. The fourth-order valence-corrected chi connectivity index (χ4v) is 2.99. The Morgan fingerprint density at radius 2 is 1.88 bits per heavy atom. The fraction of sp³-hybridized carbons (Fsp3) is 0.200. The first-order chi connectivity index (χ1) is 15.2. The molecule has 3 rings (SSSR count). The highest BCUT2D eigenvalue weighted by atomic mass is 19.2. The predicted octanol–water partition coefficient (Wildman–Crippen LogP) is 1.08. The van der Waals surface area contributed by atoms with Gasteiger partial charge in [-0.05, 0) is 36.4 Å². The number of hydrogen-bond acceptors (Lipinski definition) is 5. The van der Waals surface area contributed by atoms with Crippen LogP contribution in [0.4, 0.5) is 25.0 Å². The largest absolute Gasteiger partial charge is 0.463 e. The lowest BCUT2D eigenvalue weighted by atomic mass is 10.1. The molecular weight excluding hydrogens is 430 g/mol.